The van der Waals surface area contributed by atoms with Gasteiger partial charge in [-0.05, 0) is 0 Å². The fourth-order valence-electron chi connectivity index (χ4n) is 0.908. The largest absolute Gasteiger partial charge is 0.283 e. The Hall–Kier alpha value is -1.76. The molecule has 0 fully saturated rings. The second-order valence-corrected chi connectivity index (χ2v) is 2.81. The van der Waals surface area contributed by atoms with Gasteiger partial charge in [-0.15, -0.1) is 0 Å². The first kappa shape index (κ1) is 7.87. The molecule has 6 nitrogen and oxygen atoms in total. The highest BCUT2D eigenvalue weighted by Gasteiger charge is 2.15. The summed E-state index contributed by atoms with van der Waals surface area (Å²) in [7, 11) is 0. The molecule has 0 aliphatic heterocycles. The van der Waals surface area contributed by atoms with Crippen molar-refractivity contribution >= 4 is 22.8 Å². The molecule has 7 heteroatoms. The summed E-state index contributed by atoms with van der Waals surface area (Å²) in [6, 6.07) is 0. The van der Waals surface area contributed by atoms with Crippen LogP contribution >= 0.6 is 11.7 Å². The third kappa shape index (κ3) is 0.872. The third-order valence-electron chi connectivity index (χ3n) is 1.54. The van der Waals surface area contributed by atoms with Crippen LogP contribution in [-0.2, 0) is 0 Å². The Morgan fingerprint density at radius 1 is 0.692 bits per heavy atom. The molecule has 0 bridgehead atoms. The molecule has 0 aliphatic rings. The summed E-state index contributed by atoms with van der Waals surface area (Å²) in [5.74, 6) is 0. The predicted octanol–water partition coefficient (Wildman–Crippen LogP) is -1.99. The quantitative estimate of drug-likeness (QED) is 0.452. The summed E-state index contributed by atoms with van der Waals surface area (Å²) in [6.07, 6.45) is 0. The van der Waals surface area contributed by atoms with E-state index in [-0.39, 0.29) is 11.0 Å². The first-order chi connectivity index (χ1) is 6.13. The van der Waals surface area contributed by atoms with E-state index >= 15 is 0 Å². The van der Waals surface area contributed by atoms with Crippen LogP contribution in [0.5, 0.6) is 0 Å². The highest BCUT2D eigenvalue weighted by Crippen LogP contribution is 1.96. The number of benzene rings is 1. The van der Waals surface area contributed by atoms with Gasteiger partial charge < -0.3 is 0 Å². The fourth-order valence-corrected chi connectivity index (χ4v) is 1.45. The zero-order chi connectivity index (χ0) is 9.59. The minimum atomic E-state index is -1.33. The molecule has 0 amide bonds. The van der Waals surface area contributed by atoms with E-state index in [1.54, 1.807) is 0 Å². The summed E-state index contributed by atoms with van der Waals surface area (Å²) < 4.78 is 6.92. The lowest BCUT2D eigenvalue weighted by molar-refractivity contribution is 1.37. The van der Waals surface area contributed by atoms with Crippen LogP contribution in [0.25, 0.3) is 11.0 Å². The van der Waals surface area contributed by atoms with E-state index in [9.17, 15) is 19.2 Å². The summed E-state index contributed by atoms with van der Waals surface area (Å²) >= 11 is 0.621. The average molecular weight is 196 g/mol. The molecule has 0 unspecified atom stereocenters. The van der Waals surface area contributed by atoms with Crippen LogP contribution in [0.1, 0.15) is 0 Å². The maximum Gasteiger partial charge on any atom is 0.279 e. The molecule has 1 aromatic carbocycles. The highest BCUT2D eigenvalue weighted by molar-refractivity contribution is 7.00. The molecule has 1 aromatic heterocycles. The Morgan fingerprint density at radius 3 is 1.46 bits per heavy atom. The molecule has 0 aliphatic carbocycles. The SMILES string of the molecule is O=c1c(=O)c(=O)c2nsnc2c1=O. The molecule has 0 N–H and O–H groups in total. The molecule has 0 saturated heterocycles. The Morgan fingerprint density at radius 2 is 1.08 bits per heavy atom. The summed E-state index contributed by atoms with van der Waals surface area (Å²) in [5, 5.41) is 0. The zero-order valence-corrected chi connectivity index (χ0v) is 6.75. The molecule has 2 rings (SSSR count). The van der Waals surface area contributed by atoms with Gasteiger partial charge in [0.15, 0.2) is 11.0 Å². The molecular weight excluding hydrogens is 196 g/mol. The van der Waals surface area contributed by atoms with E-state index in [0.717, 1.165) is 0 Å². The normalized spacial score (nSPS) is 10.8. The number of hydrogen-bond acceptors (Lipinski definition) is 7. The number of nitrogens with zero attached hydrogens (tertiary/aromatic N) is 2. The van der Waals surface area contributed by atoms with Crippen LogP contribution in [0.4, 0.5) is 0 Å². The maximum atomic E-state index is 11.0. The fraction of sp³-hybridized carbons (Fsp3) is 0. The van der Waals surface area contributed by atoms with Crippen LogP contribution < -0.4 is 21.7 Å². The molecule has 1 heterocycles. The van der Waals surface area contributed by atoms with Crippen molar-refractivity contribution in [2.45, 2.75) is 0 Å². The van der Waals surface area contributed by atoms with E-state index in [1.165, 1.54) is 0 Å². The molecule has 2 aromatic rings. The summed E-state index contributed by atoms with van der Waals surface area (Å²) in [6.45, 7) is 0. The van der Waals surface area contributed by atoms with Crippen molar-refractivity contribution in [1.29, 1.82) is 0 Å². The predicted molar refractivity (Wildman–Crippen MR) is 44.9 cm³/mol. The second kappa shape index (κ2) is 2.36. The lowest BCUT2D eigenvalue weighted by Gasteiger charge is -1.77. The third-order valence-corrected chi connectivity index (χ3v) is 2.07. The Labute approximate surface area is 73.1 Å². The summed E-state index contributed by atoms with van der Waals surface area (Å²) in [4.78, 5) is 43.7. The molecule has 0 radical (unpaired) electrons. The van der Waals surface area contributed by atoms with Gasteiger partial charge in [0.05, 0.1) is 11.7 Å². The van der Waals surface area contributed by atoms with E-state index in [4.69, 9.17) is 0 Å². The van der Waals surface area contributed by atoms with Gasteiger partial charge in [0.1, 0.15) is 0 Å². The van der Waals surface area contributed by atoms with Crippen LogP contribution in [0, 0.1) is 0 Å². The topological polar surface area (TPSA) is 94.1 Å². The molecule has 0 spiro atoms. The van der Waals surface area contributed by atoms with Crippen LogP contribution in [0.2, 0.25) is 0 Å². The average Bonchev–Trinajstić information content (AvgIpc) is 2.59. The van der Waals surface area contributed by atoms with Gasteiger partial charge in [-0.25, -0.2) is 0 Å². The zero-order valence-electron chi connectivity index (χ0n) is 5.94. The van der Waals surface area contributed by atoms with Crippen molar-refractivity contribution in [1.82, 2.24) is 8.75 Å². The molecule has 64 valence electrons. The first-order valence-corrected chi connectivity index (χ1v) is 3.86. The Balaban J connectivity index is 3.43. The van der Waals surface area contributed by atoms with E-state index < -0.39 is 21.7 Å². The van der Waals surface area contributed by atoms with Gasteiger partial charge in [0, 0.05) is 0 Å². The maximum absolute atomic E-state index is 11.0. The smallest absolute Gasteiger partial charge is 0.279 e. The van der Waals surface area contributed by atoms with Gasteiger partial charge in [-0.2, -0.15) is 8.75 Å². The van der Waals surface area contributed by atoms with Crippen molar-refractivity contribution < 1.29 is 0 Å². The minimum Gasteiger partial charge on any atom is -0.283 e. The van der Waals surface area contributed by atoms with Gasteiger partial charge in [0.25, 0.3) is 21.7 Å². The van der Waals surface area contributed by atoms with Crippen LogP contribution in [-0.4, -0.2) is 8.75 Å². The van der Waals surface area contributed by atoms with Gasteiger partial charge in [-0.1, -0.05) is 0 Å². The molecule has 0 atom stereocenters. The number of fused-ring (bicyclic) bond motifs is 1. The molecule has 13 heavy (non-hydrogen) atoms. The second-order valence-electron chi connectivity index (χ2n) is 2.28. The molecule has 0 saturated carbocycles. The van der Waals surface area contributed by atoms with Gasteiger partial charge in [0.2, 0.25) is 0 Å². The molecular formula is C6N2O4S. The summed E-state index contributed by atoms with van der Waals surface area (Å²) in [5.41, 5.74) is -5.36. The van der Waals surface area contributed by atoms with E-state index in [1.807, 2.05) is 0 Å². The number of aromatic nitrogens is 2. The van der Waals surface area contributed by atoms with Crippen LogP contribution in [0.3, 0.4) is 0 Å². The lowest BCUT2D eigenvalue weighted by atomic mass is 10.3. The lowest BCUT2D eigenvalue weighted by Crippen LogP contribution is -2.46. The van der Waals surface area contributed by atoms with Crippen molar-refractivity contribution in [2.75, 3.05) is 0 Å². The number of rotatable bonds is 0. The van der Waals surface area contributed by atoms with Gasteiger partial charge >= 0.3 is 0 Å². The van der Waals surface area contributed by atoms with Crippen molar-refractivity contribution in [3.8, 4) is 0 Å². The minimum absolute atomic E-state index is 0.306. The van der Waals surface area contributed by atoms with E-state index in [0.29, 0.717) is 11.7 Å². The monoisotopic (exact) mass is 196 g/mol. The van der Waals surface area contributed by atoms with Crippen molar-refractivity contribution in [3.63, 3.8) is 0 Å². The highest BCUT2D eigenvalue weighted by atomic mass is 32.1. The Bertz CT molecular complexity index is 621. The first-order valence-electron chi connectivity index (χ1n) is 3.13. The van der Waals surface area contributed by atoms with Crippen molar-refractivity contribution in [3.05, 3.63) is 40.9 Å². The van der Waals surface area contributed by atoms with Crippen LogP contribution in [0.15, 0.2) is 19.2 Å². The number of hydrogen-bond donors (Lipinski definition) is 0. The Kier molecular flexibility index (Phi) is 1.43. The van der Waals surface area contributed by atoms with Crippen molar-refractivity contribution in [2.24, 2.45) is 0 Å². The van der Waals surface area contributed by atoms with E-state index in [2.05, 4.69) is 8.75 Å². The standard InChI is InChI=1S/C6N2O4S/c9-3-1-2(8-13-7-1)4(10)6(12)5(3)11. The van der Waals surface area contributed by atoms with Gasteiger partial charge in [-0.3, -0.25) is 19.2 Å².